The van der Waals surface area contributed by atoms with Crippen molar-refractivity contribution >= 4 is 27.8 Å². The molecule has 1 N–H and O–H groups in total. The van der Waals surface area contributed by atoms with Gasteiger partial charge in [-0.2, -0.15) is 0 Å². The Morgan fingerprint density at radius 3 is 2.64 bits per heavy atom. The summed E-state index contributed by atoms with van der Waals surface area (Å²) in [6.45, 7) is 0.248. The Bertz CT molecular complexity index is 314. The van der Waals surface area contributed by atoms with E-state index in [2.05, 4.69) is 31.2 Å². The van der Waals surface area contributed by atoms with E-state index in [1.807, 2.05) is 0 Å². The highest BCUT2D eigenvalue weighted by molar-refractivity contribution is 9.10. The first-order valence-corrected chi connectivity index (χ1v) is 4.82. The monoisotopic (exact) mass is 258 g/mol. The molecule has 76 valence electrons. The van der Waals surface area contributed by atoms with Crippen LogP contribution in [0.5, 0.6) is 0 Å². The molecule has 0 bridgehead atoms. The van der Waals surface area contributed by atoms with E-state index in [1.54, 1.807) is 31.4 Å². The van der Waals surface area contributed by atoms with Gasteiger partial charge >= 0.3 is 0 Å². The van der Waals surface area contributed by atoms with Gasteiger partial charge in [-0.15, -0.1) is 0 Å². The van der Waals surface area contributed by atoms with Gasteiger partial charge in [-0.1, -0.05) is 0 Å². The van der Waals surface area contributed by atoms with Gasteiger partial charge in [-0.05, 0) is 15.9 Å². The van der Waals surface area contributed by atoms with Crippen LogP contribution in [0.4, 0.5) is 5.95 Å². The molecule has 1 amide bonds. The molecule has 0 fully saturated rings. The summed E-state index contributed by atoms with van der Waals surface area (Å²) in [4.78, 5) is 20.8. The van der Waals surface area contributed by atoms with Crippen LogP contribution in [0.3, 0.4) is 0 Å². The largest absolute Gasteiger partial charge is 0.358 e. The first kappa shape index (κ1) is 10.9. The number of hydrogen-bond acceptors (Lipinski definition) is 4. The quantitative estimate of drug-likeness (QED) is 0.854. The summed E-state index contributed by atoms with van der Waals surface area (Å²) in [6.07, 6.45) is 3.28. The highest BCUT2D eigenvalue weighted by Crippen LogP contribution is 2.08. The van der Waals surface area contributed by atoms with Crippen molar-refractivity contribution in [1.29, 1.82) is 0 Å². The van der Waals surface area contributed by atoms with Gasteiger partial charge in [-0.25, -0.2) is 9.97 Å². The average Bonchev–Trinajstić information content (AvgIpc) is 2.18. The standard InChI is InChI=1S/C8H11BrN4O/c1-10-7(14)5-13(2)8-11-3-6(9)4-12-8/h3-4H,5H2,1-2H3,(H,10,14). The molecular formula is C8H11BrN4O. The van der Waals surface area contributed by atoms with Crippen LogP contribution >= 0.6 is 15.9 Å². The Hall–Kier alpha value is -1.17. The van der Waals surface area contributed by atoms with Crippen molar-refractivity contribution in [3.8, 4) is 0 Å². The molecule has 1 heterocycles. The van der Waals surface area contributed by atoms with E-state index in [-0.39, 0.29) is 12.5 Å². The van der Waals surface area contributed by atoms with Gasteiger partial charge in [0.25, 0.3) is 0 Å². The fourth-order valence-electron chi connectivity index (χ4n) is 0.868. The topological polar surface area (TPSA) is 58.1 Å². The molecule has 5 nitrogen and oxygen atoms in total. The lowest BCUT2D eigenvalue weighted by molar-refractivity contribution is -0.119. The van der Waals surface area contributed by atoms with Crippen LogP contribution in [0.25, 0.3) is 0 Å². The molecular weight excluding hydrogens is 248 g/mol. The lowest BCUT2D eigenvalue weighted by Crippen LogP contribution is -2.33. The molecule has 0 saturated carbocycles. The first-order valence-electron chi connectivity index (χ1n) is 4.02. The molecule has 14 heavy (non-hydrogen) atoms. The van der Waals surface area contributed by atoms with Crippen LogP contribution in [0, 0.1) is 0 Å². The molecule has 1 rings (SSSR count). The van der Waals surface area contributed by atoms with Gasteiger partial charge < -0.3 is 10.2 Å². The third-order valence-electron chi connectivity index (χ3n) is 1.61. The molecule has 0 aliphatic heterocycles. The minimum atomic E-state index is -0.0704. The molecule has 0 radical (unpaired) electrons. The Labute approximate surface area is 90.7 Å². The molecule has 0 atom stereocenters. The molecule has 1 aromatic heterocycles. The highest BCUT2D eigenvalue weighted by atomic mass is 79.9. The number of halogens is 1. The third kappa shape index (κ3) is 2.95. The lowest BCUT2D eigenvalue weighted by Gasteiger charge is -2.15. The number of hydrogen-bond donors (Lipinski definition) is 1. The fraction of sp³-hybridized carbons (Fsp3) is 0.375. The number of amides is 1. The van der Waals surface area contributed by atoms with Crippen molar-refractivity contribution in [2.75, 3.05) is 25.5 Å². The molecule has 0 aliphatic carbocycles. The summed E-state index contributed by atoms with van der Waals surface area (Å²) in [5.41, 5.74) is 0. The predicted octanol–water partition coefficient (Wildman–Crippen LogP) is 0.421. The predicted molar refractivity (Wildman–Crippen MR) is 57.1 cm³/mol. The normalized spacial score (nSPS) is 9.64. The minimum absolute atomic E-state index is 0.0704. The van der Waals surface area contributed by atoms with Crippen molar-refractivity contribution < 1.29 is 4.79 Å². The maximum Gasteiger partial charge on any atom is 0.239 e. The maximum absolute atomic E-state index is 11.0. The van der Waals surface area contributed by atoms with Crippen LogP contribution in [0.1, 0.15) is 0 Å². The number of anilines is 1. The fourth-order valence-corrected chi connectivity index (χ4v) is 1.07. The van der Waals surface area contributed by atoms with E-state index in [0.717, 1.165) is 4.47 Å². The van der Waals surface area contributed by atoms with Crippen molar-refractivity contribution in [1.82, 2.24) is 15.3 Å². The Morgan fingerprint density at radius 2 is 2.14 bits per heavy atom. The minimum Gasteiger partial charge on any atom is -0.358 e. The number of nitrogens with zero attached hydrogens (tertiary/aromatic N) is 3. The summed E-state index contributed by atoms with van der Waals surface area (Å²) < 4.78 is 0.814. The van der Waals surface area contributed by atoms with E-state index in [1.165, 1.54) is 0 Å². The summed E-state index contributed by atoms with van der Waals surface area (Å²) in [5.74, 6) is 0.454. The summed E-state index contributed by atoms with van der Waals surface area (Å²) in [5, 5.41) is 2.53. The van der Waals surface area contributed by atoms with E-state index in [9.17, 15) is 4.79 Å². The zero-order chi connectivity index (χ0) is 10.6. The van der Waals surface area contributed by atoms with Gasteiger partial charge in [0.05, 0.1) is 11.0 Å². The molecule has 0 unspecified atom stereocenters. The SMILES string of the molecule is CNC(=O)CN(C)c1ncc(Br)cn1. The smallest absolute Gasteiger partial charge is 0.239 e. The van der Waals surface area contributed by atoms with E-state index in [0.29, 0.717) is 5.95 Å². The van der Waals surface area contributed by atoms with Gasteiger partial charge in [0.1, 0.15) is 0 Å². The van der Waals surface area contributed by atoms with Crippen LogP contribution in [0.2, 0.25) is 0 Å². The number of likely N-dealkylation sites (N-methyl/N-ethyl adjacent to an activating group) is 2. The van der Waals surface area contributed by atoms with Gasteiger partial charge in [0.2, 0.25) is 11.9 Å². The summed E-state index contributed by atoms with van der Waals surface area (Å²) >= 11 is 3.24. The number of rotatable bonds is 3. The van der Waals surface area contributed by atoms with Crippen LogP contribution in [0.15, 0.2) is 16.9 Å². The average molecular weight is 259 g/mol. The molecule has 0 saturated heterocycles. The zero-order valence-corrected chi connectivity index (χ0v) is 9.58. The second-order valence-electron chi connectivity index (χ2n) is 2.73. The van der Waals surface area contributed by atoms with Gasteiger partial charge in [0.15, 0.2) is 0 Å². The third-order valence-corrected chi connectivity index (χ3v) is 2.02. The molecule has 6 heteroatoms. The second kappa shape index (κ2) is 4.90. The number of nitrogens with one attached hydrogen (secondary N) is 1. The van der Waals surface area contributed by atoms with Crippen molar-refractivity contribution in [2.24, 2.45) is 0 Å². The Kier molecular flexibility index (Phi) is 3.82. The van der Waals surface area contributed by atoms with Crippen LogP contribution in [-0.2, 0) is 4.79 Å². The van der Waals surface area contributed by atoms with Crippen molar-refractivity contribution in [2.45, 2.75) is 0 Å². The maximum atomic E-state index is 11.0. The van der Waals surface area contributed by atoms with E-state index >= 15 is 0 Å². The summed E-state index contributed by atoms with van der Waals surface area (Å²) in [6, 6.07) is 0. The molecule has 0 aliphatic rings. The first-order chi connectivity index (χ1) is 6.63. The van der Waals surface area contributed by atoms with Gasteiger partial charge in [0, 0.05) is 26.5 Å². The molecule has 0 spiro atoms. The van der Waals surface area contributed by atoms with Crippen molar-refractivity contribution in [3.63, 3.8) is 0 Å². The molecule has 0 aromatic carbocycles. The lowest BCUT2D eigenvalue weighted by atomic mass is 10.5. The van der Waals surface area contributed by atoms with E-state index in [4.69, 9.17) is 0 Å². The van der Waals surface area contributed by atoms with Crippen LogP contribution < -0.4 is 10.2 Å². The summed E-state index contributed by atoms with van der Waals surface area (Å²) in [7, 11) is 3.36. The Balaban J connectivity index is 2.65. The highest BCUT2D eigenvalue weighted by Gasteiger charge is 2.07. The Morgan fingerprint density at radius 1 is 1.57 bits per heavy atom. The zero-order valence-electron chi connectivity index (χ0n) is 7.99. The second-order valence-corrected chi connectivity index (χ2v) is 3.65. The van der Waals surface area contributed by atoms with Crippen LogP contribution in [-0.4, -0.2) is 36.5 Å². The number of carbonyl (C=O) groups is 1. The number of aromatic nitrogens is 2. The number of carbonyl (C=O) groups excluding carboxylic acids is 1. The van der Waals surface area contributed by atoms with Crippen molar-refractivity contribution in [3.05, 3.63) is 16.9 Å². The molecule has 1 aromatic rings. The van der Waals surface area contributed by atoms with E-state index < -0.39 is 0 Å². The van der Waals surface area contributed by atoms with Gasteiger partial charge in [-0.3, -0.25) is 4.79 Å².